The molecule has 0 aliphatic heterocycles. The molecular formula is C7H5N3OS. The smallest absolute Gasteiger partial charge is 0.160 e. The van der Waals surface area contributed by atoms with Gasteiger partial charge in [-0.15, -0.1) is 11.3 Å². The first-order valence-corrected chi connectivity index (χ1v) is 4.17. The minimum Gasteiger partial charge on any atom is -0.297 e. The molecule has 0 amide bonds. The van der Waals surface area contributed by atoms with Crippen molar-refractivity contribution in [3.63, 3.8) is 0 Å². The summed E-state index contributed by atoms with van der Waals surface area (Å²) in [4.78, 5) is 14.9. The molecule has 0 radical (unpaired) electrons. The van der Waals surface area contributed by atoms with Crippen molar-refractivity contribution in [2.75, 3.05) is 0 Å². The van der Waals surface area contributed by atoms with Crippen LogP contribution in [-0.4, -0.2) is 21.1 Å². The van der Waals surface area contributed by atoms with E-state index in [0.717, 1.165) is 12.0 Å². The first kappa shape index (κ1) is 7.17. The van der Waals surface area contributed by atoms with Gasteiger partial charge >= 0.3 is 0 Å². The van der Waals surface area contributed by atoms with Gasteiger partial charge in [0.15, 0.2) is 6.29 Å². The van der Waals surface area contributed by atoms with Gasteiger partial charge < -0.3 is 0 Å². The van der Waals surface area contributed by atoms with Crippen LogP contribution in [0.5, 0.6) is 0 Å². The van der Waals surface area contributed by atoms with Crippen LogP contribution in [0.2, 0.25) is 0 Å². The van der Waals surface area contributed by atoms with Crippen LogP contribution in [0, 0.1) is 0 Å². The third kappa shape index (κ3) is 1.14. The van der Waals surface area contributed by atoms with Crippen LogP contribution in [0.15, 0.2) is 24.1 Å². The van der Waals surface area contributed by atoms with Gasteiger partial charge in [-0.25, -0.2) is 9.67 Å². The molecule has 0 fully saturated rings. The summed E-state index contributed by atoms with van der Waals surface area (Å²) in [6, 6.07) is 1.77. The number of hydrogen-bond acceptors (Lipinski definition) is 4. The van der Waals surface area contributed by atoms with Crippen LogP contribution in [0.1, 0.15) is 9.67 Å². The predicted molar refractivity (Wildman–Crippen MR) is 44.6 cm³/mol. The normalized spacial score (nSPS) is 10.0. The van der Waals surface area contributed by atoms with Gasteiger partial charge in [0.25, 0.3) is 0 Å². The van der Waals surface area contributed by atoms with E-state index >= 15 is 0 Å². The Morgan fingerprint density at radius 2 is 2.50 bits per heavy atom. The summed E-state index contributed by atoms with van der Waals surface area (Å²) in [5.74, 6) is 0. The zero-order chi connectivity index (χ0) is 8.39. The lowest BCUT2D eigenvalue weighted by Gasteiger charge is -1.90. The van der Waals surface area contributed by atoms with E-state index in [1.807, 2.05) is 5.38 Å². The van der Waals surface area contributed by atoms with Gasteiger partial charge in [0.2, 0.25) is 0 Å². The Morgan fingerprint density at radius 3 is 3.08 bits per heavy atom. The number of carbonyl (C=O) groups is 1. The number of thiophene rings is 1. The van der Waals surface area contributed by atoms with E-state index in [1.54, 1.807) is 17.1 Å². The highest BCUT2D eigenvalue weighted by Gasteiger charge is 2.00. The number of nitrogens with zero attached hydrogens (tertiary/aromatic N) is 3. The van der Waals surface area contributed by atoms with E-state index in [4.69, 9.17) is 0 Å². The van der Waals surface area contributed by atoms with Gasteiger partial charge in [0, 0.05) is 5.38 Å². The summed E-state index contributed by atoms with van der Waals surface area (Å²) in [7, 11) is 0. The Labute approximate surface area is 72.5 Å². The molecule has 2 aromatic rings. The summed E-state index contributed by atoms with van der Waals surface area (Å²) in [5.41, 5.74) is 0.875. The third-order valence-corrected chi connectivity index (χ3v) is 2.25. The van der Waals surface area contributed by atoms with Crippen molar-refractivity contribution in [1.82, 2.24) is 14.8 Å². The third-order valence-electron chi connectivity index (χ3n) is 1.41. The van der Waals surface area contributed by atoms with Crippen molar-refractivity contribution in [2.45, 2.75) is 0 Å². The monoisotopic (exact) mass is 179 g/mol. The first-order valence-electron chi connectivity index (χ1n) is 3.29. The Morgan fingerprint density at radius 1 is 1.58 bits per heavy atom. The minimum absolute atomic E-state index is 0.695. The molecule has 0 bridgehead atoms. The molecule has 2 rings (SSSR count). The van der Waals surface area contributed by atoms with E-state index in [0.29, 0.717) is 4.88 Å². The van der Waals surface area contributed by atoms with E-state index in [-0.39, 0.29) is 0 Å². The molecule has 0 spiro atoms. The van der Waals surface area contributed by atoms with Crippen molar-refractivity contribution in [3.05, 3.63) is 29.0 Å². The van der Waals surface area contributed by atoms with Crippen molar-refractivity contribution in [3.8, 4) is 5.69 Å². The Hall–Kier alpha value is -1.49. The summed E-state index contributed by atoms with van der Waals surface area (Å²) >= 11 is 1.39. The Bertz CT molecular complexity index is 379. The Kier molecular flexibility index (Phi) is 1.71. The van der Waals surface area contributed by atoms with Gasteiger partial charge in [0.05, 0.1) is 10.6 Å². The summed E-state index contributed by atoms with van der Waals surface area (Å²) in [6.07, 6.45) is 3.87. The fraction of sp³-hybridized carbons (Fsp3) is 0. The zero-order valence-electron chi connectivity index (χ0n) is 6.04. The van der Waals surface area contributed by atoms with Crippen LogP contribution >= 0.6 is 11.3 Å². The van der Waals surface area contributed by atoms with Crippen LogP contribution in [0.4, 0.5) is 0 Å². The lowest BCUT2D eigenvalue weighted by molar-refractivity contribution is 0.112. The second-order valence-electron chi connectivity index (χ2n) is 2.17. The highest BCUT2D eigenvalue weighted by Crippen LogP contribution is 2.14. The summed E-state index contributed by atoms with van der Waals surface area (Å²) in [5, 5.41) is 5.79. The molecule has 0 aromatic carbocycles. The van der Waals surface area contributed by atoms with Crippen LogP contribution in [0.3, 0.4) is 0 Å². The van der Waals surface area contributed by atoms with Crippen molar-refractivity contribution in [1.29, 1.82) is 0 Å². The molecule has 0 saturated heterocycles. The largest absolute Gasteiger partial charge is 0.297 e. The molecule has 2 aromatic heterocycles. The molecule has 2 heterocycles. The molecule has 0 saturated carbocycles. The maximum atomic E-state index is 10.4. The number of aldehydes is 1. The van der Waals surface area contributed by atoms with E-state index in [2.05, 4.69) is 10.1 Å². The molecule has 60 valence electrons. The average molecular weight is 179 g/mol. The van der Waals surface area contributed by atoms with Crippen LogP contribution in [-0.2, 0) is 0 Å². The Balaban J connectivity index is 2.41. The fourth-order valence-electron chi connectivity index (χ4n) is 0.866. The number of aromatic nitrogens is 3. The van der Waals surface area contributed by atoms with Gasteiger partial charge in [-0.2, -0.15) is 5.10 Å². The lowest BCUT2D eigenvalue weighted by atomic mass is 10.4. The van der Waals surface area contributed by atoms with Gasteiger partial charge in [-0.1, -0.05) is 0 Å². The van der Waals surface area contributed by atoms with E-state index in [1.165, 1.54) is 17.7 Å². The second kappa shape index (κ2) is 2.86. The molecule has 0 aliphatic rings. The number of hydrogen-bond donors (Lipinski definition) is 0. The molecule has 12 heavy (non-hydrogen) atoms. The zero-order valence-corrected chi connectivity index (χ0v) is 6.86. The number of rotatable bonds is 2. The maximum Gasteiger partial charge on any atom is 0.160 e. The van der Waals surface area contributed by atoms with Crippen LogP contribution in [0.25, 0.3) is 5.69 Å². The van der Waals surface area contributed by atoms with Gasteiger partial charge in [-0.3, -0.25) is 4.79 Å². The minimum atomic E-state index is 0.695. The molecule has 0 unspecified atom stereocenters. The average Bonchev–Trinajstić information content (AvgIpc) is 2.75. The van der Waals surface area contributed by atoms with Gasteiger partial charge in [-0.05, 0) is 6.07 Å². The highest BCUT2D eigenvalue weighted by atomic mass is 32.1. The SMILES string of the molecule is O=Cc1cc(-n2cncn2)cs1. The number of carbonyl (C=O) groups excluding carboxylic acids is 1. The molecule has 5 heteroatoms. The molecule has 0 aliphatic carbocycles. The molecule has 4 nitrogen and oxygen atoms in total. The highest BCUT2D eigenvalue weighted by molar-refractivity contribution is 7.12. The predicted octanol–water partition coefficient (Wildman–Crippen LogP) is 1.14. The summed E-state index contributed by atoms with van der Waals surface area (Å²) in [6.45, 7) is 0. The molecular weight excluding hydrogens is 174 g/mol. The topological polar surface area (TPSA) is 47.8 Å². The maximum absolute atomic E-state index is 10.4. The standard InChI is InChI=1S/C7H5N3OS/c11-2-7-1-6(3-12-7)10-5-8-4-9-10/h1-5H. The van der Waals surface area contributed by atoms with Crippen molar-refractivity contribution < 1.29 is 4.79 Å². The van der Waals surface area contributed by atoms with Gasteiger partial charge in [0.1, 0.15) is 12.7 Å². The fourth-order valence-corrected chi connectivity index (χ4v) is 1.54. The quantitative estimate of drug-likeness (QED) is 0.649. The van der Waals surface area contributed by atoms with Crippen LogP contribution < -0.4 is 0 Å². The second-order valence-corrected chi connectivity index (χ2v) is 3.11. The molecule has 0 atom stereocenters. The summed E-state index contributed by atoms with van der Waals surface area (Å²) < 4.78 is 1.61. The molecule has 0 N–H and O–H groups in total. The first-order chi connectivity index (χ1) is 5.90. The van der Waals surface area contributed by atoms with Crippen molar-refractivity contribution in [2.24, 2.45) is 0 Å². The van der Waals surface area contributed by atoms with Crippen molar-refractivity contribution >= 4 is 17.6 Å². The van der Waals surface area contributed by atoms with E-state index in [9.17, 15) is 4.79 Å². The lowest BCUT2D eigenvalue weighted by Crippen LogP contribution is -1.90. The van der Waals surface area contributed by atoms with E-state index < -0.39 is 0 Å².